The third-order valence-corrected chi connectivity index (χ3v) is 7.52. The summed E-state index contributed by atoms with van der Waals surface area (Å²) < 4.78 is 31.9. The van der Waals surface area contributed by atoms with Crippen molar-refractivity contribution < 1.29 is 23.2 Å². The van der Waals surface area contributed by atoms with Crippen LogP contribution in [0.25, 0.3) is 10.4 Å². The highest BCUT2D eigenvalue weighted by Gasteiger charge is 2.28. The van der Waals surface area contributed by atoms with Gasteiger partial charge in [0.25, 0.3) is 10.0 Å². The van der Waals surface area contributed by atoms with E-state index in [0.29, 0.717) is 31.3 Å². The Hall–Kier alpha value is -2.79. The number of carbonyl (C=O) groups excluding carboxylic acids is 1. The number of sulfonamides is 1. The Balaban J connectivity index is 1.97. The molecule has 0 bridgehead atoms. The Morgan fingerprint density at radius 2 is 1.85 bits per heavy atom. The van der Waals surface area contributed by atoms with Crippen LogP contribution >= 0.6 is 11.3 Å². The first-order valence-corrected chi connectivity index (χ1v) is 12.4. The molecule has 10 heteroatoms. The number of aryl methyl sites for hydroxylation is 1. The van der Waals surface area contributed by atoms with Gasteiger partial charge < -0.3 is 10.1 Å². The Labute approximate surface area is 197 Å². The van der Waals surface area contributed by atoms with Crippen LogP contribution in [-0.2, 0) is 21.4 Å². The molecular weight excluding hydrogens is 462 g/mol. The van der Waals surface area contributed by atoms with E-state index in [0.717, 1.165) is 0 Å². The molecule has 0 radical (unpaired) electrons. The van der Waals surface area contributed by atoms with E-state index in [1.165, 1.54) is 30.6 Å². The van der Waals surface area contributed by atoms with E-state index in [1.807, 2.05) is 6.07 Å². The highest BCUT2D eigenvalue weighted by Crippen LogP contribution is 2.37. The van der Waals surface area contributed by atoms with Gasteiger partial charge in [0.15, 0.2) is 5.13 Å². The maximum absolute atomic E-state index is 13.2. The number of hydrogen-bond acceptors (Lipinski definition) is 7. The average molecular weight is 490 g/mol. The summed E-state index contributed by atoms with van der Waals surface area (Å²) in [4.78, 5) is 17.3. The molecule has 0 spiro atoms. The zero-order valence-corrected chi connectivity index (χ0v) is 20.8. The summed E-state index contributed by atoms with van der Waals surface area (Å²) in [5, 5.41) is 13.7. The second-order valence-electron chi connectivity index (χ2n) is 8.47. The number of thiazole rings is 1. The predicted molar refractivity (Wildman–Crippen MR) is 128 cm³/mol. The SMILES string of the molecule is COc1ccc(-c2sc(NC(=O)C(C)(C)C)nc2C)cc1S(=O)(=O)N(O)Cc1ccccc1. The monoisotopic (exact) mass is 489 g/mol. The fourth-order valence-corrected chi connectivity index (χ4v) is 5.15. The van der Waals surface area contributed by atoms with Crippen molar-refractivity contribution in [2.24, 2.45) is 5.41 Å². The first-order chi connectivity index (χ1) is 15.4. The van der Waals surface area contributed by atoms with Crippen LogP contribution < -0.4 is 10.1 Å². The van der Waals surface area contributed by atoms with E-state index in [1.54, 1.807) is 58.0 Å². The predicted octanol–water partition coefficient (Wildman–Crippen LogP) is 4.69. The summed E-state index contributed by atoms with van der Waals surface area (Å²) in [6, 6.07) is 13.5. The van der Waals surface area contributed by atoms with Gasteiger partial charge in [-0.25, -0.2) is 13.4 Å². The van der Waals surface area contributed by atoms with E-state index in [-0.39, 0.29) is 23.1 Å². The number of nitrogens with one attached hydrogen (secondary N) is 1. The fraction of sp³-hybridized carbons (Fsp3) is 0.304. The van der Waals surface area contributed by atoms with Crippen molar-refractivity contribution in [2.75, 3.05) is 12.4 Å². The van der Waals surface area contributed by atoms with Gasteiger partial charge >= 0.3 is 0 Å². The molecule has 0 atom stereocenters. The van der Waals surface area contributed by atoms with Gasteiger partial charge in [-0.1, -0.05) is 66.9 Å². The molecule has 8 nitrogen and oxygen atoms in total. The van der Waals surface area contributed by atoms with E-state index in [2.05, 4.69) is 10.3 Å². The van der Waals surface area contributed by atoms with E-state index < -0.39 is 15.4 Å². The third-order valence-electron chi connectivity index (χ3n) is 4.84. The molecule has 0 aliphatic heterocycles. The molecule has 0 saturated carbocycles. The van der Waals surface area contributed by atoms with Gasteiger partial charge in [0.1, 0.15) is 10.6 Å². The molecule has 2 aromatic carbocycles. The summed E-state index contributed by atoms with van der Waals surface area (Å²) in [6.45, 7) is 6.99. The van der Waals surface area contributed by atoms with Crippen LogP contribution in [0.2, 0.25) is 0 Å². The first kappa shape index (κ1) is 24.8. The number of amides is 1. The molecule has 0 fully saturated rings. The number of carbonyl (C=O) groups is 1. The summed E-state index contributed by atoms with van der Waals surface area (Å²) in [6.07, 6.45) is 0. The molecule has 33 heavy (non-hydrogen) atoms. The minimum atomic E-state index is -4.28. The summed E-state index contributed by atoms with van der Waals surface area (Å²) in [7, 11) is -2.91. The summed E-state index contributed by atoms with van der Waals surface area (Å²) in [5.41, 5.74) is 1.28. The lowest BCUT2D eigenvalue weighted by Gasteiger charge is -2.18. The summed E-state index contributed by atoms with van der Waals surface area (Å²) in [5.74, 6) is -0.0630. The van der Waals surface area contributed by atoms with E-state index in [9.17, 15) is 18.4 Å². The topological polar surface area (TPSA) is 109 Å². The second-order valence-corrected chi connectivity index (χ2v) is 11.3. The molecule has 0 saturated heterocycles. The van der Waals surface area contributed by atoms with Crippen molar-refractivity contribution >= 4 is 32.4 Å². The largest absolute Gasteiger partial charge is 0.495 e. The highest BCUT2D eigenvalue weighted by molar-refractivity contribution is 7.89. The lowest BCUT2D eigenvalue weighted by molar-refractivity contribution is -0.123. The van der Waals surface area contributed by atoms with Gasteiger partial charge in [-0.15, -0.1) is 0 Å². The first-order valence-electron chi connectivity index (χ1n) is 10.2. The van der Waals surface area contributed by atoms with Crippen molar-refractivity contribution in [2.45, 2.75) is 39.1 Å². The molecule has 0 aliphatic carbocycles. The standard InChI is InChI=1S/C23H27N3O5S2/c1-15-20(32-22(24-15)25-21(27)23(2,3)4)17-11-12-18(31-5)19(13-17)33(29,30)26(28)14-16-9-7-6-8-10-16/h6-13,28H,14H2,1-5H3,(H,24,25,27). The molecule has 3 rings (SSSR count). The van der Waals surface area contributed by atoms with Gasteiger partial charge in [-0.05, 0) is 36.2 Å². The van der Waals surface area contributed by atoms with Gasteiger partial charge in [0.05, 0.1) is 24.2 Å². The molecule has 0 unspecified atom stereocenters. The van der Waals surface area contributed by atoms with Gasteiger partial charge in [0.2, 0.25) is 5.91 Å². The lowest BCUT2D eigenvalue weighted by Crippen LogP contribution is -2.27. The Bertz CT molecular complexity index is 1250. The van der Waals surface area contributed by atoms with Crippen LogP contribution in [0.3, 0.4) is 0 Å². The van der Waals surface area contributed by atoms with Gasteiger partial charge in [0, 0.05) is 5.41 Å². The van der Waals surface area contributed by atoms with Crippen LogP contribution in [0.15, 0.2) is 53.4 Å². The quantitative estimate of drug-likeness (QED) is 0.466. The van der Waals surface area contributed by atoms with E-state index in [4.69, 9.17) is 4.74 Å². The van der Waals surface area contributed by atoms with E-state index >= 15 is 0 Å². The minimum absolute atomic E-state index is 0.106. The van der Waals surface area contributed by atoms with Crippen molar-refractivity contribution in [3.05, 3.63) is 59.8 Å². The third kappa shape index (κ3) is 5.59. The van der Waals surface area contributed by atoms with Crippen molar-refractivity contribution in [1.82, 2.24) is 9.45 Å². The normalized spacial score (nSPS) is 12.1. The number of anilines is 1. The molecule has 0 aliphatic rings. The fourth-order valence-electron chi connectivity index (χ4n) is 2.96. The number of aromatic nitrogens is 1. The van der Waals surface area contributed by atoms with Crippen LogP contribution in [0, 0.1) is 12.3 Å². The Kier molecular flexibility index (Phi) is 7.23. The highest BCUT2D eigenvalue weighted by atomic mass is 32.2. The number of rotatable bonds is 7. The molecule has 2 N–H and O–H groups in total. The molecule has 3 aromatic rings. The van der Waals surface area contributed by atoms with Crippen LogP contribution in [-0.4, -0.2) is 36.1 Å². The Morgan fingerprint density at radius 3 is 2.45 bits per heavy atom. The van der Waals surface area contributed by atoms with Crippen LogP contribution in [0.1, 0.15) is 32.0 Å². The number of nitrogens with zero attached hydrogens (tertiary/aromatic N) is 2. The zero-order valence-electron chi connectivity index (χ0n) is 19.1. The van der Waals surface area contributed by atoms with Crippen molar-refractivity contribution in [1.29, 1.82) is 0 Å². The maximum Gasteiger partial charge on any atom is 0.268 e. The van der Waals surface area contributed by atoms with Crippen LogP contribution in [0.5, 0.6) is 5.75 Å². The zero-order chi connectivity index (χ0) is 24.4. The second kappa shape index (κ2) is 9.60. The number of hydroxylamine groups is 1. The van der Waals surface area contributed by atoms with Gasteiger partial charge in [-0.2, -0.15) is 0 Å². The number of benzene rings is 2. The number of hydrogen-bond donors (Lipinski definition) is 2. The molecular formula is C23H27N3O5S2. The molecule has 176 valence electrons. The van der Waals surface area contributed by atoms with Crippen molar-refractivity contribution in [3.8, 4) is 16.2 Å². The lowest BCUT2D eigenvalue weighted by atomic mass is 9.96. The smallest absolute Gasteiger partial charge is 0.268 e. The Morgan fingerprint density at radius 1 is 1.18 bits per heavy atom. The van der Waals surface area contributed by atoms with Crippen LogP contribution in [0.4, 0.5) is 5.13 Å². The number of methoxy groups -OCH3 is 1. The molecule has 1 aromatic heterocycles. The van der Waals surface area contributed by atoms with Crippen molar-refractivity contribution in [3.63, 3.8) is 0 Å². The average Bonchev–Trinajstić information content (AvgIpc) is 3.13. The minimum Gasteiger partial charge on any atom is -0.495 e. The number of ether oxygens (including phenoxy) is 1. The maximum atomic E-state index is 13.2. The summed E-state index contributed by atoms with van der Waals surface area (Å²) >= 11 is 1.25. The molecule has 1 heterocycles. The molecule has 1 amide bonds. The van der Waals surface area contributed by atoms with Gasteiger partial charge in [-0.3, -0.25) is 10.0 Å².